The molecule has 7 nitrogen and oxygen atoms in total. The molecule has 1 aromatic carbocycles. The lowest BCUT2D eigenvalue weighted by atomic mass is 10.1. The van der Waals surface area contributed by atoms with Gasteiger partial charge in [0.05, 0.1) is 4.92 Å². The Balaban J connectivity index is 2.14. The third-order valence-corrected chi connectivity index (χ3v) is 4.00. The molecule has 0 amide bonds. The molecule has 0 aliphatic rings. The van der Waals surface area contributed by atoms with E-state index in [1.807, 2.05) is 0 Å². The van der Waals surface area contributed by atoms with Gasteiger partial charge < -0.3 is 9.15 Å². The summed E-state index contributed by atoms with van der Waals surface area (Å²) in [7, 11) is 0. The summed E-state index contributed by atoms with van der Waals surface area (Å²) < 4.78 is 10.1. The molecule has 0 atom stereocenters. The van der Waals surface area contributed by atoms with Crippen LogP contribution in [0.15, 0.2) is 44.9 Å². The Morgan fingerprint density at radius 1 is 1.35 bits per heavy atom. The molecule has 0 spiro atoms. The van der Waals surface area contributed by atoms with Crippen molar-refractivity contribution in [1.82, 2.24) is 0 Å². The van der Waals surface area contributed by atoms with Crippen LogP contribution in [0.25, 0.3) is 11.0 Å². The maximum atomic E-state index is 12.0. The van der Waals surface area contributed by atoms with Crippen LogP contribution in [-0.4, -0.2) is 10.9 Å². The number of ether oxygens (including phenoxy) is 1. The SMILES string of the molecule is Cc1cc(=O)oc2cc(OC(=O)c3cccs3)c([N+](=O)[O-])cc12. The monoisotopic (exact) mass is 331 g/mol. The zero-order valence-electron chi connectivity index (χ0n) is 11.8. The average Bonchev–Trinajstić information content (AvgIpc) is 3.00. The van der Waals surface area contributed by atoms with Gasteiger partial charge in [0, 0.05) is 23.6 Å². The smallest absolute Gasteiger partial charge is 0.353 e. The van der Waals surface area contributed by atoms with E-state index in [0.29, 0.717) is 15.8 Å². The van der Waals surface area contributed by atoms with Crippen LogP contribution in [0, 0.1) is 17.0 Å². The Labute approximate surface area is 132 Å². The van der Waals surface area contributed by atoms with Crippen LogP contribution in [0.3, 0.4) is 0 Å². The molecule has 0 bridgehead atoms. The summed E-state index contributed by atoms with van der Waals surface area (Å²) in [6.45, 7) is 1.64. The number of hydrogen-bond acceptors (Lipinski definition) is 7. The van der Waals surface area contributed by atoms with Crippen LogP contribution in [0.5, 0.6) is 5.75 Å². The van der Waals surface area contributed by atoms with Crippen molar-refractivity contribution in [1.29, 1.82) is 0 Å². The third kappa shape index (κ3) is 2.84. The topological polar surface area (TPSA) is 99.7 Å². The molecular formula is C15H9NO6S. The molecule has 2 aromatic heterocycles. The van der Waals surface area contributed by atoms with Crippen molar-refractivity contribution in [3.63, 3.8) is 0 Å². The predicted molar refractivity (Wildman–Crippen MR) is 83.2 cm³/mol. The van der Waals surface area contributed by atoms with E-state index in [1.165, 1.54) is 18.2 Å². The van der Waals surface area contributed by atoms with Gasteiger partial charge in [-0.25, -0.2) is 9.59 Å². The summed E-state index contributed by atoms with van der Waals surface area (Å²) >= 11 is 1.16. The highest BCUT2D eigenvalue weighted by Gasteiger charge is 2.22. The number of nitro groups is 1. The molecule has 23 heavy (non-hydrogen) atoms. The van der Waals surface area contributed by atoms with Crippen LogP contribution < -0.4 is 10.4 Å². The number of esters is 1. The van der Waals surface area contributed by atoms with Gasteiger partial charge in [-0.1, -0.05) is 6.07 Å². The zero-order chi connectivity index (χ0) is 16.6. The summed E-state index contributed by atoms with van der Waals surface area (Å²) in [6.07, 6.45) is 0. The first kappa shape index (κ1) is 14.9. The lowest BCUT2D eigenvalue weighted by Gasteiger charge is -2.06. The lowest BCUT2D eigenvalue weighted by molar-refractivity contribution is -0.385. The summed E-state index contributed by atoms with van der Waals surface area (Å²) in [5.74, 6) is -0.980. The molecule has 0 saturated heterocycles. The first-order valence-corrected chi connectivity index (χ1v) is 7.32. The van der Waals surface area contributed by atoms with E-state index in [-0.39, 0.29) is 17.0 Å². The summed E-state index contributed by atoms with van der Waals surface area (Å²) in [5.41, 5.74) is -0.302. The minimum atomic E-state index is -0.711. The molecule has 116 valence electrons. The van der Waals surface area contributed by atoms with Crippen molar-refractivity contribution in [3.8, 4) is 5.75 Å². The molecule has 0 unspecified atom stereocenters. The average molecular weight is 331 g/mol. The second-order valence-corrected chi connectivity index (χ2v) is 5.64. The number of hydrogen-bond donors (Lipinski definition) is 0. The third-order valence-electron chi connectivity index (χ3n) is 3.15. The van der Waals surface area contributed by atoms with E-state index < -0.39 is 16.5 Å². The zero-order valence-corrected chi connectivity index (χ0v) is 12.6. The minimum Gasteiger partial charge on any atom is -0.423 e. The molecule has 0 radical (unpaired) electrons. The predicted octanol–water partition coefficient (Wildman–Crippen LogP) is 3.29. The second kappa shape index (κ2) is 5.65. The highest BCUT2D eigenvalue weighted by atomic mass is 32.1. The number of thiophene rings is 1. The molecule has 0 saturated carbocycles. The summed E-state index contributed by atoms with van der Waals surface area (Å²) in [6, 6.07) is 6.87. The van der Waals surface area contributed by atoms with E-state index in [1.54, 1.807) is 24.4 Å². The van der Waals surface area contributed by atoms with E-state index in [2.05, 4.69) is 0 Å². The highest BCUT2D eigenvalue weighted by Crippen LogP contribution is 2.33. The van der Waals surface area contributed by atoms with Crippen molar-refractivity contribution in [2.75, 3.05) is 0 Å². The largest absolute Gasteiger partial charge is 0.423 e. The van der Waals surface area contributed by atoms with Gasteiger partial charge in [-0.15, -0.1) is 11.3 Å². The van der Waals surface area contributed by atoms with E-state index in [4.69, 9.17) is 9.15 Å². The van der Waals surface area contributed by atoms with Crippen LogP contribution >= 0.6 is 11.3 Å². The number of benzene rings is 1. The Kier molecular flexibility index (Phi) is 3.67. The molecule has 0 aliphatic carbocycles. The number of fused-ring (bicyclic) bond motifs is 1. The number of carbonyl (C=O) groups excluding carboxylic acids is 1. The van der Waals surface area contributed by atoms with Crippen LogP contribution in [0.2, 0.25) is 0 Å². The van der Waals surface area contributed by atoms with Crippen molar-refractivity contribution in [2.45, 2.75) is 6.92 Å². The fourth-order valence-corrected chi connectivity index (χ4v) is 2.70. The molecule has 8 heteroatoms. The molecule has 3 rings (SSSR count). The molecule has 0 fully saturated rings. The molecule has 0 aliphatic heterocycles. The Hall–Kier alpha value is -3.00. The van der Waals surface area contributed by atoms with Crippen molar-refractivity contribution < 1.29 is 18.9 Å². The number of carbonyl (C=O) groups is 1. The van der Waals surface area contributed by atoms with Gasteiger partial charge in [0.25, 0.3) is 0 Å². The second-order valence-electron chi connectivity index (χ2n) is 4.69. The van der Waals surface area contributed by atoms with Crippen molar-refractivity contribution >= 4 is 34.0 Å². The molecular weight excluding hydrogens is 322 g/mol. The van der Waals surface area contributed by atoms with E-state index in [9.17, 15) is 19.7 Å². The molecule has 3 aromatic rings. The molecule has 0 N–H and O–H groups in total. The number of aryl methyl sites for hydroxylation is 1. The van der Waals surface area contributed by atoms with Gasteiger partial charge in [0.15, 0.2) is 0 Å². The Bertz CT molecular complexity index is 974. The maximum absolute atomic E-state index is 12.0. The van der Waals surface area contributed by atoms with Gasteiger partial charge in [0.2, 0.25) is 5.75 Å². The van der Waals surface area contributed by atoms with Crippen LogP contribution in [-0.2, 0) is 0 Å². The first-order valence-electron chi connectivity index (χ1n) is 6.44. The van der Waals surface area contributed by atoms with E-state index >= 15 is 0 Å². The lowest BCUT2D eigenvalue weighted by Crippen LogP contribution is -2.08. The van der Waals surface area contributed by atoms with Crippen LogP contribution in [0.4, 0.5) is 5.69 Å². The number of rotatable bonds is 3. The fourth-order valence-electron chi connectivity index (χ4n) is 2.10. The van der Waals surface area contributed by atoms with Crippen LogP contribution in [0.1, 0.15) is 15.2 Å². The highest BCUT2D eigenvalue weighted by molar-refractivity contribution is 7.12. The van der Waals surface area contributed by atoms with Gasteiger partial charge in [-0.05, 0) is 23.9 Å². The van der Waals surface area contributed by atoms with Gasteiger partial charge >= 0.3 is 17.3 Å². The normalized spacial score (nSPS) is 10.7. The maximum Gasteiger partial charge on any atom is 0.353 e. The minimum absolute atomic E-state index is 0.120. The quantitative estimate of drug-likeness (QED) is 0.240. The standard InChI is InChI=1S/C15H9NO6S/c1-8-5-14(17)21-11-7-12(10(16(19)20)6-9(8)11)22-15(18)13-3-2-4-23-13/h2-7H,1H3. The molecule has 2 heterocycles. The fraction of sp³-hybridized carbons (Fsp3) is 0.0667. The Morgan fingerprint density at radius 3 is 2.78 bits per heavy atom. The Morgan fingerprint density at radius 2 is 2.13 bits per heavy atom. The summed E-state index contributed by atoms with van der Waals surface area (Å²) in [5, 5.41) is 13.3. The summed E-state index contributed by atoms with van der Waals surface area (Å²) in [4.78, 5) is 34.3. The number of nitrogens with zero attached hydrogens (tertiary/aromatic N) is 1. The van der Waals surface area contributed by atoms with Crippen molar-refractivity contribution in [2.24, 2.45) is 0 Å². The van der Waals surface area contributed by atoms with Gasteiger partial charge in [0.1, 0.15) is 10.5 Å². The number of nitro benzene ring substituents is 1. The van der Waals surface area contributed by atoms with E-state index in [0.717, 1.165) is 11.3 Å². The van der Waals surface area contributed by atoms with Gasteiger partial charge in [-0.3, -0.25) is 10.1 Å². The first-order chi connectivity index (χ1) is 11.0. The van der Waals surface area contributed by atoms with Crippen molar-refractivity contribution in [3.05, 3.63) is 66.7 Å². The van der Waals surface area contributed by atoms with Gasteiger partial charge in [-0.2, -0.15) is 0 Å².